The first-order chi connectivity index (χ1) is 28.6. The number of nitriles is 1. The summed E-state index contributed by atoms with van der Waals surface area (Å²) in [6.07, 6.45) is -2.18. The van der Waals surface area contributed by atoms with Crippen molar-refractivity contribution in [1.29, 1.82) is 5.26 Å². The Morgan fingerprint density at radius 3 is 2.44 bits per heavy atom. The topological polar surface area (TPSA) is 219 Å². The minimum Gasteiger partial charge on any atom is -0.459 e. The predicted octanol–water partition coefficient (Wildman–Crippen LogP) is 4.13. The highest BCUT2D eigenvalue weighted by molar-refractivity contribution is 7.91. The maximum absolute atomic E-state index is 14.8. The van der Waals surface area contributed by atoms with Crippen LogP contribution < -0.4 is 25.7 Å². The number of carbonyl (C=O) groups is 4. The maximum atomic E-state index is 14.8. The molecule has 19 heteroatoms. The fourth-order valence-electron chi connectivity index (χ4n) is 9.25. The van der Waals surface area contributed by atoms with Gasteiger partial charge in [0.1, 0.15) is 29.8 Å². The molecule has 1 aromatic heterocycles. The largest absolute Gasteiger partial charge is 0.459 e. The number of sulfonamides is 1. The Bertz CT molecular complexity index is 2320. The molecule has 2 bridgehead atoms. The molecule has 4 amide bonds. The third kappa shape index (κ3) is 8.53. The van der Waals surface area contributed by atoms with Gasteiger partial charge in [0.2, 0.25) is 28.3 Å². The first-order valence-corrected chi connectivity index (χ1v) is 22.6. The Balaban J connectivity index is 1.26. The second-order valence-corrected chi connectivity index (χ2v) is 21.3. The average molecular weight is 872 g/mol. The number of rotatable bonds is 6. The predicted molar refractivity (Wildman–Crippen MR) is 216 cm³/mol. The second-order valence-electron chi connectivity index (χ2n) is 19.1. The van der Waals surface area contributed by atoms with Crippen LogP contribution in [-0.4, -0.2) is 94.2 Å². The van der Waals surface area contributed by atoms with Crippen molar-refractivity contribution < 1.29 is 45.9 Å². The first-order valence-electron chi connectivity index (χ1n) is 21.1. The van der Waals surface area contributed by atoms with Crippen molar-refractivity contribution in [3.8, 4) is 12.1 Å². The Labute approximate surface area is 353 Å². The van der Waals surface area contributed by atoms with E-state index in [0.29, 0.717) is 12.8 Å². The van der Waals surface area contributed by atoms with Gasteiger partial charge in [-0.2, -0.15) is 10.2 Å². The van der Waals surface area contributed by atoms with Gasteiger partial charge < -0.3 is 25.0 Å². The summed E-state index contributed by atoms with van der Waals surface area (Å²) in [4.78, 5) is 76.4. The quantitative estimate of drug-likeness (QED) is 0.375. The number of alkyl carbamates (subject to hydrolysis) is 1. The van der Waals surface area contributed by atoms with Crippen LogP contribution in [0.3, 0.4) is 0 Å². The Morgan fingerprint density at radius 1 is 1.08 bits per heavy atom. The number of benzene rings is 1. The van der Waals surface area contributed by atoms with Crippen molar-refractivity contribution in [1.82, 2.24) is 29.8 Å². The van der Waals surface area contributed by atoms with Gasteiger partial charge in [-0.3, -0.25) is 28.5 Å². The minimum absolute atomic E-state index is 0.0419. The van der Waals surface area contributed by atoms with Crippen molar-refractivity contribution in [3.63, 3.8) is 0 Å². The van der Waals surface area contributed by atoms with Gasteiger partial charge in [-0.05, 0) is 86.8 Å². The van der Waals surface area contributed by atoms with Crippen molar-refractivity contribution in [2.24, 2.45) is 29.1 Å². The molecule has 7 rings (SSSR count). The molecular formula is C42H55F2N7O9S. The highest BCUT2D eigenvalue weighted by Crippen LogP contribution is 2.49. The number of amides is 4. The molecule has 61 heavy (non-hydrogen) atoms. The monoisotopic (exact) mass is 871 g/mol. The smallest absolute Gasteiger partial charge is 0.408 e. The zero-order chi connectivity index (χ0) is 44.4. The average Bonchev–Trinajstić information content (AvgIpc) is 4.05. The van der Waals surface area contributed by atoms with E-state index in [-0.39, 0.29) is 72.6 Å². The number of hydrogen-bond acceptors (Lipinski definition) is 11. The number of fused-ring (bicyclic) bond motifs is 5. The standard InChI is InChI=1S/C42H55F2N7O9S/c1-22-16-31-26(23(22)2)10-8-7-9-15-50-35(53)27-12-11-24(20-45)17-29(27)46-38(50)59-25-18-30(51(21-25)36(54)32(40(3,4)5)47-39(56)60-31)34(52)48-42(19-28(42)33(43)44)37(55)49-61(57,58)41(6)13-14-41/h11-12,17,22-23,25-26,28,30-33H,7-10,13-16,18-19,21H2,1-6H3,(H,47,56)(H,48,52)(H,49,55)/t22-,23-,25+,26+,28-,30-,31+,32+,42+/m0/s1. The van der Waals surface area contributed by atoms with Crippen molar-refractivity contribution in [2.45, 2.75) is 147 Å². The van der Waals surface area contributed by atoms with Crippen LogP contribution in [0.25, 0.3) is 10.9 Å². The number of nitrogens with one attached hydrogen (secondary N) is 3. The highest BCUT2D eigenvalue weighted by Gasteiger charge is 2.67. The number of ether oxygens (including phenoxy) is 2. The van der Waals surface area contributed by atoms with Crippen LogP contribution in [0.15, 0.2) is 23.0 Å². The van der Waals surface area contributed by atoms with E-state index in [4.69, 9.17) is 9.47 Å². The lowest BCUT2D eigenvalue weighted by atomic mass is 9.85. The van der Waals surface area contributed by atoms with Crippen molar-refractivity contribution in [3.05, 3.63) is 34.1 Å². The third-order valence-electron chi connectivity index (χ3n) is 13.8. The molecule has 3 heterocycles. The summed E-state index contributed by atoms with van der Waals surface area (Å²) >= 11 is 0. The molecule has 1 aromatic carbocycles. The lowest BCUT2D eigenvalue weighted by Crippen LogP contribution is -2.60. The van der Waals surface area contributed by atoms with Gasteiger partial charge in [0, 0.05) is 13.0 Å². The van der Waals surface area contributed by atoms with E-state index >= 15 is 0 Å². The van der Waals surface area contributed by atoms with E-state index in [9.17, 15) is 46.4 Å². The van der Waals surface area contributed by atoms with Gasteiger partial charge in [0.15, 0.2) is 0 Å². The molecule has 9 atom stereocenters. The molecule has 16 nitrogen and oxygen atoms in total. The van der Waals surface area contributed by atoms with Crippen LogP contribution in [0.2, 0.25) is 0 Å². The Kier molecular flexibility index (Phi) is 11.7. The van der Waals surface area contributed by atoms with E-state index in [1.54, 1.807) is 20.8 Å². The zero-order valence-corrected chi connectivity index (χ0v) is 36.2. The normalized spacial score (nSPS) is 31.6. The van der Waals surface area contributed by atoms with Gasteiger partial charge in [-0.1, -0.05) is 47.5 Å². The molecule has 1 saturated heterocycles. The van der Waals surface area contributed by atoms with Crippen LogP contribution in [-0.2, 0) is 35.7 Å². The van der Waals surface area contributed by atoms with Gasteiger partial charge in [0.25, 0.3) is 17.5 Å². The molecule has 332 valence electrons. The fourth-order valence-corrected chi connectivity index (χ4v) is 10.6. The number of carbonyl (C=O) groups excluding carboxylic acids is 4. The van der Waals surface area contributed by atoms with Gasteiger partial charge in [-0.15, -0.1) is 0 Å². The molecule has 2 aromatic rings. The lowest BCUT2D eigenvalue weighted by Gasteiger charge is -2.35. The summed E-state index contributed by atoms with van der Waals surface area (Å²) in [5.41, 5.74) is -3.22. The minimum atomic E-state index is -4.27. The van der Waals surface area contributed by atoms with E-state index in [1.165, 1.54) is 29.7 Å². The molecule has 4 fully saturated rings. The SMILES string of the molecule is C[C@@H]1[C@H]2CCCCCn3c(nc4cc(C#N)ccc4c3=O)O[C@@H]3C[C@@H](C(=O)N[C@]4(C(=O)NS(=O)(=O)C5(C)CC5)C[C@H]4C(F)F)N(C3)C(=O)[C@H](C(C)(C)C)NC(=O)O[C@@H]2C[C@@H]1C. The summed E-state index contributed by atoms with van der Waals surface area (Å²) in [5.74, 6) is -4.21. The van der Waals surface area contributed by atoms with Crippen molar-refractivity contribution >= 4 is 44.7 Å². The molecule has 3 aliphatic carbocycles. The van der Waals surface area contributed by atoms with Gasteiger partial charge >= 0.3 is 6.09 Å². The van der Waals surface area contributed by atoms with Gasteiger partial charge in [-0.25, -0.2) is 22.0 Å². The number of halogens is 2. The van der Waals surface area contributed by atoms with Crippen LogP contribution in [0.1, 0.15) is 105 Å². The van der Waals surface area contributed by atoms with Crippen molar-refractivity contribution in [2.75, 3.05) is 6.54 Å². The molecule has 3 saturated carbocycles. The molecule has 0 radical (unpaired) electrons. The van der Waals surface area contributed by atoms with E-state index < -0.39 is 98.2 Å². The zero-order valence-electron chi connectivity index (χ0n) is 35.3. The van der Waals surface area contributed by atoms with Crippen LogP contribution in [0.4, 0.5) is 13.6 Å². The Morgan fingerprint density at radius 2 is 1.80 bits per heavy atom. The summed E-state index contributed by atoms with van der Waals surface area (Å²) in [6.45, 7) is 10.7. The second kappa shape index (κ2) is 16.1. The number of hydrogen-bond donors (Lipinski definition) is 3. The highest BCUT2D eigenvalue weighted by atomic mass is 32.2. The molecule has 5 aliphatic rings. The van der Waals surface area contributed by atoms with Gasteiger partial charge in [0.05, 0.1) is 39.7 Å². The summed E-state index contributed by atoms with van der Waals surface area (Å²) in [7, 11) is -4.27. The van der Waals surface area contributed by atoms with Crippen LogP contribution in [0.5, 0.6) is 6.01 Å². The van der Waals surface area contributed by atoms with E-state index in [1.807, 2.05) is 10.8 Å². The maximum Gasteiger partial charge on any atom is 0.408 e. The summed E-state index contributed by atoms with van der Waals surface area (Å²) in [5, 5.41) is 15.0. The third-order valence-corrected chi connectivity index (χ3v) is 15.9. The van der Waals surface area contributed by atoms with E-state index in [2.05, 4.69) is 29.5 Å². The number of aromatic nitrogens is 2. The number of alkyl halides is 2. The molecule has 2 aliphatic heterocycles. The summed E-state index contributed by atoms with van der Waals surface area (Å²) in [6, 6.07) is 3.66. The number of nitrogens with zero attached hydrogens (tertiary/aromatic N) is 4. The molecular weight excluding hydrogens is 817 g/mol. The molecule has 0 spiro atoms. The fraction of sp³-hybridized carbons (Fsp3) is 0.690. The molecule has 0 unspecified atom stereocenters. The Hall–Kier alpha value is -4.86. The van der Waals surface area contributed by atoms with Crippen LogP contribution >= 0.6 is 0 Å². The summed E-state index contributed by atoms with van der Waals surface area (Å²) < 4.78 is 69.2. The lowest BCUT2D eigenvalue weighted by molar-refractivity contribution is -0.143. The van der Waals surface area contributed by atoms with E-state index in [0.717, 1.165) is 24.2 Å². The molecule has 3 N–H and O–H groups in total. The first kappa shape index (κ1) is 44.2. The van der Waals surface area contributed by atoms with Crippen LogP contribution in [0, 0.1) is 40.4 Å².